The molecule has 0 aliphatic rings. The molecule has 1 rings (SSSR count). The van der Waals surface area contributed by atoms with Gasteiger partial charge in [0.2, 0.25) is 0 Å². The number of aromatic nitrogens is 1. The summed E-state index contributed by atoms with van der Waals surface area (Å²) in [4.78, 5) is 15.1. The lowest BCUT2D eigenvalue weighted by Crippen LogP contribution is -2.06. The third-order valence-electron chi connectivity index (χ3n) is 1.43. The summed E-state index contributed by atoms with van der Waals surface area (Å²) in [7, 11) is 0. The maximum Gasteiger partial charge on any atom is 0.341 e. The minimum absolute atomic E-state index is 0.126. The molecule has 0 amide bonds. The zero-order valence-corrected chi connectivity index (χ0v) is 8.07. The number of pyridine rings is 1. The Balaban J connectivity index is 2.65. The predicted molar refractivity (Wildman–Crippen MR) is 52.9 cm³/mol. The lowest BCUT2D eigenvalue weighted by atomic mass is 10.3. The summed E-state index contributed by atoms with van der Waals surface area (Å²) in [5.74, 6) is -0.513. The van der Waals surface area contributed by atoms with Gasteiger partial charge in [-0.05, 0) is 24.4 Å². The zero-order chi connectivity index (χ0) is 10.4. The normalized spacial score (nSPS) is 10.4. The number of esters is 1. The Labute approximate surface area is 86.3 Å². The molecule has 0 radical (unpaired) electrons. The van der Waals surface area contributed by atoms with Crippen molar-refractivity contribution in [1.82, 2.24) is 4.98 Å². The summed E-state index contributed by atoms with van der Waals surface area (Å²) in [5.41, 5.74) is 5.32. The molecular weight excluding hydrogens is 204 g/mol. The van der Waals surface area contributed by atoms with Crippen LogP contribution in [0.3, 0.4) is 0 Å². The van der Waals surface area contributed by atoms with Crippen LogP contribution in [0.15, 0.2) is 30.6 Å². The lowest BCUT2D eigenvalue weighted by Gasteiger charge is -2.02. The van der Waals surface area contributed by atoms with Crippen molar-refractivity contribution in [2.75, 3.05) is 6.61 Å². The Morgan fingerprint density at radius 1 is 1.71 bits per heavy atom. The molecule has 0 aliphatic carbocycles. The van der Waals surface area contributed by atoms with Crippen LogP contribution in [0.5, 0.6) is 0 Å². The third kappa shape index (κ3) is 2.74. The molecule has 0 aliphatic heterocycles. The second-order valence-electron chi connectivity index (χ2n) is 2.37. The zero-order valence-electron chi connectivity index (χ0n) is 7.31. The molecule has 0 atom stereocenters. The fraction of sp³-hybridized carbons (Fsp3) is 0.111. The van der Waals surface area contributed by atoms with Crippen molar-refractivity contribution in [1.29, 1.82) is 0 Å². The maximum absolute atomic E-state index is 11.3. The van der Waals surface area contributed by atoms with Gasteiger partial charge in [-0.1, -0.05) is 11.6 Å². The van der Waals surface area contributed by atoms with Crippen LogP contribution in [0.1, 0.15) is 10.4 Å². The van der Waals surface area contributed by atoms with Crippen molar-refractivity contribution in [2.24, 2.45) is 5.73 Å². The molecule has 0 unspecified atom stereocenters. The first-order chi connectivity index (χ1) is 6.75. The molecule has 0 fully saturated rings. The van der Waals surface area contributed by atoms with E-state index in [1.807, 2.05) is 0 Å². The van der Waals surface area contributed by atoms with E-state index < -0.39 is 5.97 Å². The van der Waals surface area contributed by atoms with Gasteiger partial charge in [0.1, 0.15) is 11.8 Å². The first-order valence-corrected chi connectivity index (χ1v) is 4.28. The molecule has 0 saturated heterocycles. The van der Waals surface area contributed by atoms with Crippen molar-refractivity contribution >= 4 is 17.6 Å². The molecule has 5 heteroatoms. The standard InChI is InChI=1S/C9H9ClN2O2/c10-8-7(3-1-5-12-8)9(13)14-6-2-4-11/h1-5H,6,11H2. The van der Waals surface area contributed by atoms with Crippen LogP contribution >= 0.6 is 11.6 Å². The summed E-state index contributed by atoms with van der Waals surface area (Å²) in [6, 6.07) is 3.16. The molecule has 74 valence electrons. The number of hydrogen-bond donors (Lipinski definition) is 1. The van der Waals surface area contributed by atoms with Crippen LogP contribution < -0.4 is 5.73 Å². The molecule has 1 heterocycles. The highest BCUT2D eigenvalue weighted by Crippen LogP contribution is 2.12. The molecule has 0 spiro atoms. The number of rotatable bonds is 3. The smallest absolute Gasteiger partial charge is 0.341 e. The third-order valence-corrected chi connectivity index (χ3v) is 1.73. The van der Waals surface area contributed by atoms with Gasteiger partial charge in [-0.2, -0.15) is 0 Å². The van der Waals surface area contributed by atoms with Gasteiger partial charge in [0, 0.05) is 6.20 Å². The van der Waals surface area contributed by atoms with E-state index in [9.17, 15) is 4.79 Å². The highest BCUT2D eigenvalue weighted by atomic mass is 35.5. The lowest BCUT2D eigenvalue weighted by molar-refractivity contribution is 0.0549. The largest absolute Gasteiger partial charge is 0.458 e. The highest BCUT2D eigenvalue weighted by Gasteiger charge is 2.10. The minimum atomic E-state index is -0.513. The van der Waals surface area contributed by atoms with Crippen LogP contribution in [0, 0.1) is 0 Å². The van der Waals surface area contributed by atoms with E-state index in [-0.39, 0.29) is 17.3 Å². The Kier molecular flexibility index (Phi) is 3.94. The maximum atomic E-state index is 11.3. The van der Waals surface area contributed by atoms with Crippen LogP contribution in [0.2, 0.25) is 5.15 Å². The Morgan fingerprint density at radius 2 is 2.50 bits per heavy atom. The summed E-state index contributed by atoms with van der Waals surface area (Å²) in [5, 5.41) is 0.134. The Hall–Kier alpha value is -1.55. The Morgan fingerprint density at radius 3 is 3.14 bits per heavy atom. The number of carbonyl (C=O) groups is 1. The monoisotopic (exact) mass is 212 g/mol. The molecule has 0 aromatic carbocycles. The molecule has 1 aromatic heterocycles. The van der Waals surface area contributed by atoms with E-state index in [2.05, 4.69) is 4.98 Å². The number of nitrogens with zero attached hydrogens (tertiary/aromatic N) is 1. The fourth-order valence-corrected chi connectivity index (χ4v) is 0.992. The number of halogens is 1. The Bertz CT molecular complexity index is 352. The SMILES string of the molecule is NC=CCOC(=O)c1cccnc1Cl. The number of ether oxygens (including phenoxy) is 1. The molecular formula is C9H9ClN2O2. The van der Waals surface area contributed by atoms with Gasteiger partial charge < -0.3 is 10.5 Å². The minimum Gasteiger partial charge on any atom is -0.458 e. The van der Waals surface area contributed by atoms with E-state index in [1.54, 1.807) is 12.1 Å². The summed E-state index contributed by atoms with van der Waals surface area (Å²) >= 11 is 5.68. The number of hydrogen-bond acceptors (Lipinski definition) is 4. The second-order valence-corrected chi connectivity index (χ2v) is 2.73. The molecule has 0 saturated carbocycles. The van der Waals surface area contributed by atoms with E-state index >= 15 is 0 Å². The van der Waals surface area contributed by atoms with E-state index in [4.69, 9.17) is 22.1 Å². The second kappa shape index (κ2) is 5.24. The first-order valence-electron chi connectivity index (χ1n) is 3.90. The predicted octanol–water partition coefficient (Wildman–Crippen LogP) is 1.36. The van der Waals surface area contributed by atoms with Crippen LogP contribution in [0.25, 0.3) is 0 Å². The fourth-order valence-electron chi connectivity index (χ4n) is 0.795. The van der Waals surface area contributed by atoms with E-state index in [1.165, 1.54) is 18.5 Å². The molecule has 14 heavy (non-hydrogen) atoms. The summed E-state index contributed by atoms with van der Waals surface area (Å²) in [6.45, 7) is 0.126. The molecule has 1 aromatic rings. The van der Waals surface area contributed by atoms with Gasteiger partial charge >= 0.3 is 5.97 Å². The van der Waals surface area contributed by atoms with Crippen molar-refractivity contribution in [2.45, 2.75) is 0 Å². The average molecular weight is 213 g/mol. The summed E-state index contributed by atoms with van der Waals surface area (Å²) < 4.78 is 4.82. The van der Waals surface area contributed by atoms with E-state index in [0.717, 1.165) is 0 Å². The van der Waals surface area contributed by atoms with Gasteiger partial charge in [-0.3, -0.25) is 0 Å². The van der Waals surface area contributed by atoms with Crippen molar-refractivity contribution in [3.05, 3.63) is 41.3 Å². The topological polar surface area (TPSA) is 65.2 Å². The molecule has 0 bridgehead atoms. The first kappa shape index (κ1) is 10.5. The number of carbonyl (C=O) groups excluding carboxylic acids is 1. The van der Waals surface area contributed by atoms with Gasteiger partial charge in [-0.25, -0.2) is 9.78 Å². The highest BCUT2D eigenvalue weighted by molar-refractivity contribution is 6.32. The van der Waals surface area contributed by atoms with Crippen molar-refractivity contribution in [3.8, 4) is 0 Å². The average Bonchev–Trinajstić information content (AvgIpc) is 2.18. The summed E-state index contributed by atoms with van der Waals surface area (Å²) in [6.07, 6.45) is 4.32. The molecule has 2 N–H and O–H groups in total. The quantitative estimate of drug-likeness (QED) is 0.607. The van der Waals surface area contributed by atoms with Crippen LogP contribution in [-0.2, 0) is 4.74 Å². The molecule has 4 nitrogen and oxygen atoms in total. The van der Waals surface area contributed by atoms with Crippen LogP contribution in [0.4, 0.5) is 0 Å². The van der Waals surface area contributed by atoms with Crippen molar-refractivity contribution in [3.63, 3.8) is 0 Å². The van der Waals surface area contributed by atoms with Gasteiger partial charge in [0.25, 0.3) is 0 Å². The number of nitrogens with two attached hydrogens (primary N) is 1. The van der Waals surface area contributed by atoms with E-state index in [0.29, 0.717) is 0 Å². The van der Waals surface area contributed by atoms with Gasteiger partial charge in [0.05, 0.1) is 5.56 Å². The van der Waals surface area contributed by atoms with Gasteiger partial charge in [0.15, 0.2) is 0 Å². The van der Waals surface area contributed by atoms with Gasteiger partial charge in [-0.15, -0.1) is 0 Å². The van der Waals surface area contributed by atoms with Crippen molar-refractivity contribution < 1.29 is 9.53 Å². The van der Waals surface area contributed by atoms with Crippen LogP contribution in [-0.4, -0.2) is 17.6 Å².